The highest BCUT2D eigenvalue weighted by Gasteiger charge is 2.54. The standard InChI is InChI=1S/C16H26O8/c1-16(21)10(7-18)23-15(12(19)13(16)20)24-14-11-8(4-5-22-14)2-3-9(11)6-17/h4-5,8-15,17-21H,2-3,6-7H2,1H3/t8-,9+,10+,11-,12+,13+,14?,15-,16+/m0/s1. The van der Waals surface area contributed by atoms with Crippen LogP contribution in [0.1, 0.15) is 19.8 Å². The van der Waals surface area contributed by atoms with Crippen molar-refractivity contribution in [2.45, 2.75) is 56.3 Å². The Morgan fingerprint density at radius 3 is 2.58 bits per heavy atom. The fourth-order valence-electron chi connectivity index (χ4n) is 3.98. The quantitative estimate of drug-likeness (QED) is 0.425. The highest BCUT2D eigenvalue weighted by atomic mass is 16.8. The van der Waals surface area contributed by atoms with Crippen LogP contribution in [0.2, 0.25) is 0 Å². The molecule has 0 aromatic carbocycles. The molecule has 3 aliphatic rings. The minimum atomic E-state index is -1.80. The SMILES string of the molecule is C[C@]1(O)[C@H](O)[C@@H](O)[C@H](OC2OC=C[C@@H]3CC[C@H](CO)[C@@H]23)O[C@@H]1CO. The number of allylic oxidation sites excluding steroid dienone is 1. The molecule has 0 spiro atoms. The number of fused-ring (bicyclic) bond motifs is 1. The molecule has 0 bridgehead atoms. The van der Waals surface area contributed by atoms with Crippen molar-refractivity contribution in [2.75, 3.05) is 13.2 Å². The van der Waals surface area contributed by atoms with Crippen molar-refractivity contribution < 1.29 is 39.7 Å². The summed E-state index contributed by atoms with van der Waals surface area (Å²) in [4.78, 5) is 0. The Bertz CT molecular complexity index is 463. The molecule has 8 nitrogen and oxygen atoms in total. The van der Waals surface area contributed by atoms with E-state index in [0.717, 1.165) is 12.8 Å². The van der Waals surface area contributed by atoms with Crippen molar-refractivity contribution >= 4 is 0 Å². The van der Waals surface area contributed by atoms with Gasteiger partial charge in [-0.3, -0.25) is 0 Å². The maximum Gasteiger partial charge on any atom is 0.205 e. The van der Waals surface area contributed by atoms with E-state index in [9.17, 15) is 25.5 Å². The molecule has 2 aliphatic heterocycles. The van der Waals surface area contributed by atoms with Gasteiger partial charge in [-0.15, -0.1) is 0 Å². The predicted molar refractivity (Wildman–Crippen MR) is 80.3 cm³/mol. The molecule has 0 aromatic heterocycles. The number of aliphatic hydroxyl groups is 5. The monoisotopic (exact) mass is 346 g/mol. The van der Waals surface area contributed by atoms with E-state index in [-0.39, 0.29) is 24.4 Å². The zero-order valence-corrected chi connectivity index (χ0v) is 13.6. The van der Waals surface area contributed by atoms with Crippen LogP contribution >= 0.6 is 0 Å². The molecule has 1 unspecified atom stereocenters. The largest absolute Gasteiger partial charge is 0.472 e. The normalized spacial score (nSPS) is 51.2. The summed E-state index contributed by atoms with van der Waals surface area (Å²) in [6.07, 6.45) is -0.892. The first-order valence-corrected chi connectivity index (χ1v) is 8.33. The van der Waals surface area contributed by atoms with Crippen molar-refractivity contribution in [3.63, 3.8) is 0 Å². The summed E-state index contributed by atoms with van der Waals surface area (Å²) < 4.78 is 16.7. The molecule has 2 heterocycles. The third-order valence-electron chi connectivity index (χ3n) is 5.58. The molecule has 1 saturated carbocycles. The van der Waals surface area contributed by atoms with Gasteiger partial charge in [-0.2, -0.15) is 0 Å². The van der Waals surface area contributed by atoms with E-state index in [2.05, 4.69) is 0 Å². The lowest BCUT2D eigenvalue weighted by atomic mass is 9.85. The van der Waals surface area contributed by atoms with Gasteiger partial charge in [-0.1, -0.05) is 0 Å². The predicted octanol–water partition coefficient (Wildman–Crippen LogP) is -1.30. The number of rotatable bonds is 4. The van der Waals surface area contributed by atoms with Gasteiger partial charge >= 0.3 is 0 Å². The first kappa shape index (κ1) is 18.1. The summed E-state index contributed by atoms with van der Waals surface area (Å²) in [5, 5.41) is 49.5. The summed E-state index contributed by atoms with van der Waals surface area (Å²) in [6, 6.07) is 0. The van der Waals surface area contributed by atoms with Crippen molar-refractivity contribution in [1.82, 2.24) is 0 Å². The zero-order chi connectivity index (χ0) is 17.5. The van der Waals surface area contributed by atoms with Crippen LogP contribution in [0, 0.1) is 17.8 Å². The smallest absolute Gasteiger partial charge is 0.205 e. The van der Waals surface area contributed by atoms with Crippen LogP contribution in [-0.2, 0) is 14.2 Å². The zero-order valence-electron chi connectivity index (χ0n) is 13.6. The Kier molecular flexibility index (Phi) is 5.17. The fraction of sp³-hybridized carbons (Fsp3) is 0.875. The molecule has 5 N–H and O–H groups in total. The molecule has 8 heteroatoms. The van der Waals surface area contributed by atoms with Gasteiger partial charge in [-0.05, 0) is 37.7 Å². The fourth-order valence-corrected chi connectivity index (χ4v) is 3.98. The molecule has 1 saturated heterocycles. The minimum Gasteiger partial charge on any atom is -0.472 e. The van der Waals surface area contributed by atoms with Gasteiger partial charge in [0.15, 0.2) is 6.29 Å². The molecule has 2 fully saturated rings. The Labute approximate surface area is 140 Å². The van der Waals surface area contributed by atoms with E-state index >= 15 is 0 Å². The maximum atomic E-state index is 10.2. The molecule has 0 aromatic rings. The van der Waals surface area contributed by atoms with Gasteiger partial charge in [0, 0.05) is 12.5 Å². The van der Waals surface area contributed by atoms with Crippen LogP contribution in [0.15, 0.2) is 12.3 Å². The first-order chi connectivity index (χ1) is 11.4. The summed E-state index contributed by atoms with van der Waals surface area (Å²) in [5.41, 5.74) is -1.80. The van der Waals surface area contributed by atoms with Gasteiger partial charge in [0.05, 0.1) is 12.9 Å². The van der Waals surface area contributed by atoms with Gasteiger partial charge in [0.25, 0.3) is 0 Å². The van der Waals surface area contributed by atoms with Crippen LogP contribution < -0.4 is 0 Å². The maximum absolute atomic E-state index is 10.2. The van der Waals surface area contributed by atoms with Crippen molar-refractivity contribution in [3.05, 3.63) is 12.3 Å². The summed E-state index contributed by atoms with van der Waals surface area (Å²) >= 11 is 0. The van der Waals surface area contributed by atoms with Crippen LogP contribution in [-0.4, -0.2) is 75.2 Å². The molecule has 9 atom stereocenters. The van der Waals surface area contributed by atoms with Crippen LogP contribution in [0.25, 0.3) is 0 Å². The molecule has 0 radical (unpaired) electrons. The van der Waals surface area contributed by atoms with Crippen LogP contribution in [0.3, 0.4) is 0 Å². The second-order valence-electron chi connectivity index (χ2n) is 7.07. The van der Waals surface area contributed by atoms with Gasteiger partial charge in [0.1, 0.15) is 23.9 Å². The summed E-state index contributed by atoms with van der Waals surface area (Å²) in [7, 11) is 0. The number of ether oxygens (including phenoxy) is 3. The van der Waals surface area contributed by atoms with Crippen molar-refractivity contribution in [3.8, 4) is 0 Å². The number of aliphatic hydroxyl groups excluding tert-OH is 4. The van der Waals surface area contributed by atoms with Crippen LogP contribution in [0.4, 0.5) is 0 Å². The average Bonchev–Trinajstić information content (AvgIpc) is 2.99. The second-order valence-corrected chi connectivity index (χ2v) is 7.07. The van der Waals surface area contributed by atoms with Gasteiger partial charge in [-0.25, -0.2) is 0 Å². The van der Waals surface area contributed by atoms with E-state index in [1.165, 1.54) is 13.2 Å². The van der Waals surface area contributed by atoms with E-state index in [4.69, 9.17) is 14.2 Å². The van der Waals surface area contributed by atoms with Gasteiger partial charge < -0.3 is 39.7 Å². The highest BCUT2D eigenvalue weighted by molar-refractivity contribution is 5.02. The topological polar surface area (TPSA) is 129 Å². The lowest BCUT2D eigenvalue weighted by molar-refractivity contribution is -0.360. The third-order valence-corrected chi connectivity index (χ3v) is 5.58. The number of hydrogen-bond acceptors (Lipinski definition) is 8. The first-order valence-electron chi connectivity index (χ1n) is 8.33. The van der Waals surface area contributed by atoms with Crippen molar-refractivity contribution in [2.24, 2.45) is 17.8 Å². The van der Waals surface area contributed by atoms with Crippen LogP contribution in [0.5, 0.6) is 0 Å². The second kappa shape index (κ2) is 6.87. The van der Waals surface area contributed by atoms with E-state index in [1.54, 1.807) is 0 Å². The average molecular weight is 346 g/mol. The molecule has 24 heavy (non-hydrogen) atoms. The Balaban J connectivity index is 1.74. The molecule has 138 valence electrons. The minimum absolute atomic E-state index is 0.0168. The number of hydrogen-bond donors (Lipinski definition) is 5. The lowest BCUT2D eigenvalue weighted by Gasteiger charge is -2.47. The molecule has 3 rings (SSSR count). The van der Waals surface area contributed by atoms with E-state index in [0.29, 0.717) is 0 Å². The van der Waals surface area contributed by atoms with Crippen molar-refractivity contribution in [1.29, 1.82) is 0 Å². The lowest BCUT2D eigenvalue weighted by Crippen LogP contribution is -2.66. The Hall–Kier alpha value is -0.740. The summed E-state index contributed by atoms with van der Waals surface area (Å²) in [6.45, 7) is 0.767. The van der Waals surface area contributed by atoms with Gasteiger partial charge in [0.2, 0.25) is 6.29 Å². The Morgan fingerprint density at radius 1 is 1.17 bits per heavy atom. The van der Waals surface area contributed by atoms with E-state index < -0.39 is 43.1 Å². The Morgan fingerprint density at radius 2 is 1.92 bits per heavy atom. The molecular weight excluding hydrogens is 320 g/mol. The third kappa shape index (κ3) is 2.96. The van der Waals surface area contributed by atoms with E-state index in [1.807, 2.05) is 6.08 Å². The highest BCUT2D eigenvalue weighted by Crippen LogP contribution is 2.44. The molecule has 1 aliphatic carbocycles. The summed E-state index contributed by atoms with van der Waals surface area (Å²) in [5.74, 6) is 0.151. The molecular formula is C16H26O8. The molecule has 0 amide bonds.